The molecule has 0 aliphatic rings. The number of benzene rings is 1. The van der Waals surface area contributed by atoms with E-state index in [0.717, 1.165) is 32.8 Å². The number of rotatable bonds is 9. The molecule has 1 aromatic carbocycles. The van der Waals surface area contributed by atoms with Crippen molar-refractivity contribution in [1.82, 2.24) is 14.8 Å². The third-order valence-electron chi connectivity index (χ3n) is 3.67. The third-order valence-corrected chi connectivity index (χ3v) is 3.67. The molecule has 1 heterocycles. The Morgan fingerprint density at radius 1 is 1.24 bits per heavy atom. The van der Waals surface area contributed by atoms with Gasteiger partial charge in [-0.3, -0.25) is 0 Å². The maximum Gasteiger partial charge on any atom is 0.0587 e. The quantitative estimate of drug-likeness (QED) is 0.719. The molecule has 1 N–H and O–H groups in total. The summed E-state index contributed by atoms with van der Waals surface area (Å²) in [6, 6.07) is 8.66. The van der Waals surface area contributed by atoms with Gasteiger partial charge in [0.2, 0.25) is 0 Å². The van der Waals surface area contributed by atoms with Crippen molar-refractivity contribution in [2.24, 2.45) is 0 Å². The summed E-state index contributed by atoms with van der Waals surface area (Å²) in [6.45, 7) is 4.72. The maximum absolute atomic E-state index is 5.08. The topological polar surface area (TPSA) is 29.4 Å². The first-order valence-electron chi connectivity index (χ1n) is 7.63. The number of nitrogens with zero attached hydrogens (tertiary/aromatic N) is 2. The highest BCUT2D eigenvalue weighted by atomic mass is 16.5. The summed E-state index contributed by atoms with van der Waals surface area (Å²) in [5.74, 6) is 0. The van der Waals surface area contributed by atoms with Crippen molar-refractivity contribution >= 4 is 10.9 Å². The first-order chi connectivity index (χ1) is 10.2. The fourth-order valence-electron chi connectivity index (χ4n) is 2.60. The fourth-order valence-corrected chi connectivity index (χ4v) is 2.60. The van der Waals surface area contributed by atoms with Gasteiger partial charge < -0.3 is 19.5 Å². The average Bonchev–Trinajstić information content (AvgIpc) is 2.82. The van der Waals surface area contributed by atoms with Gasteiger partial charge in [-0.25, -0.2) is 0 Å². The predicted molar refractivity (Wildman–Crippen MR) is 88.7 cm³/mol. The lowest BCUT2D eigenvalue weighted by Gasteiger charge is -2.10. The highest BCUT2D eigenvalue weighted by Crippen LogP contribution is 2.21. The van der Waals surface area contributed by atoms with Crippen LogP contribution in [0.25, 0.3) is 10.9 Å². The summed E-state index contributed by atoms with van der Waals surface area (Å²) < 4.78 is 7.46. The molecule has 0 unspecified atom stereocenters. The molecule has 116 valence electrons. The number of aromatic nitrogens is 1. The Bertz CT molecular complexity index is 548. The molecule has 0 saturated carbocycles. The molecule has 0 amide bonds. The number of aryl methyl sites for hydroxylation is 1. The van der Waals surface area contributed by atoms with Crippen LogP contribution in [-0.2, 0) is 17.8 Å². The molecule has 2 rings (SSSR count). The molecule has 0 aliphatic carbocycles. The first kappa shape index (κ1) is 16.0. The van der Waals surface area contributed by atoms with Crippen LogP contribution >= 0.6 is 0 Å². The Labute approximate surface area is 127 Å². The van der Waals surface area contributed by atoms with Crippen LogP contribution in [0, 0.1) is 0 Å². The number of hydrogen-bond donors (Lipinski definition) is 1. The minimum absolute atomic E-state index is 0.751. The number of methoxy groups -OCH3 is 1. The van der Waals surface area contributed by atoms with Crippen molar-refractivity contribution in [2.45, 2.75) is 19.5 Å². The van der Waals surface area contributed by atoms with Crippen LogP contribution in [0.4, 0.5) is 0 Å². The van der Waals surface area contributed by atoms with Crippen LogP contribution in [0.15, 0.2) is 30.5 Å². The van der Waals surface area contributed by atoms with Gasteiger partial charge in [-0.05, 0) is 38.7 Å². The Morgan fingerprint density at radius 2 is 2.05 bits per heavy atom. The van der Waals surface area contributed by atoms with Crippen molar-refractivity contribution in [2.75, 3.05) is 40.9 Å². The van der Waals surface area contributed by atoms with E-state index in [-0.39, 0.29) is 0 Å². The van der Waals surface area contributed by atoms with Crippen LogP contribution in [0.1, 0.15) is 12.0 Å². The van der Waals surface area contributed by atoms with Gasteiger partial charge in [-0.2, -0.15) is 0 Å². The number of hydrogen-bond acceptors (Lipinski definition) is 3. The van der Waals surface area contributed by atoms with E-state index in [4.69, 9.17) is 4.74 Å². The largest absolute Gasteiger partial charge is 0.383 e. The van der Waals surface area contributed by atoms with Gasteiger partial charge in [-0.15, -0.1) is 0 Å². The minimum atomic E-state index is 0.751. The first-order valence-corrected chi connectivity index (χ1v) is 7.63. The molecule has 2 aromatic rings. The molecular weight excluding hydrogens is 262 g/mol. The lowest BCUT2D eigenvalue weighted by Crippen LogP contribution is -2.18. The van der Waals surface area contributed by atoms with Crippen LogP contribution in [0.2, 0.25) is 0 Å². The van der Waals surface area contributed by atoms with Gasteiger partial charge in [-0.1, -0.05) is 18.2 Å². The monoisotopic (exact) mass is 289 g/mol. The van der Waals surface area contributed by atoms with Crippen LogP contribution in [0.5, 0.6) is 0 Å². The van der Waals surface area contributed by atoms with E-state index in [1.54, 1.807) is 7.11 Å². The van der Waals surface area contributed by atoms with Gasteiger partial charge in [0.1, 0.15) is 0 Å². The molecule has 1 aromatic heterocycles. The maximum atomic E-state index is 5.08. The summed E-state index contributed by atoms with van der Waals surface area (Å²) >= 11 is 0. The lowest BCUT2D eigenvalue weighted by molar-refractivity contribution is 0.199. The van der Waals surface area contributed by atoms with Gasteiger partial charge in [0.15, 0.2) is 0 Å². The van der Waals surface area contributed by atoms with Gasteiger partial charge in [0.25, 0.3) is 0 Å². The highest BCUT2D eigenvalue weighted by Gasteiger charge is 2.07. The Kier molecular flexibility index (Phi) is 6.23. The van der Waals surface area contributed by atoms with E-state index in [1.165, 1.54) is 22.9 Å². The van der Waals surface area contributed by atoms with Crippen molar-refractivity contribution in [3.8, 4) is 0 Å². The average molecular weight is 289 g/mol. The Morgan fingerprint density at radius 3 is 2.81 bits per heavy atom. The van der Waals surface area contributed by atoms with Gasteiger partial charge in [0.05, 0.1) is 6.61 Å². The van der Waals surface area contributed by atoms with Crippen molar-refractivity contribution < 1.29 is 4.74 Å². The molecule has 0 bridgehead atoms. The van der Waals surface area contributed by atoms with Crippen molar-refractivity contribution in [3.63, 3.8) is 0 Å². The fraction of sp³-hybridized carbons (Fsp3) is 0.529. The third kappa shape index (κ3) is 4.56. The summed E-state index contributed by atoms with van der Waals surface area (Å²) in [6.07, 6.45) is 3.46. The highest BCUT2D eigenvalue weighted by molar-refractivity contribution is 5.83. The lowest BCUT2D eigenvalue weighted by atomic mass is 10.2. The zero-order chi connectivity index (χ0) is 15.1. The molecule has 21 heavy (non-hydrogen) atoms. The molecule has 0 fully saturated rings. The number of ether oxygens (including phenoxy) is 1. The number of nitrogens with one attached hydrogen (secondary N) is 1. The van der Waals surface area contributed by atoms with Crippen LogP contribution < -0.4 is 5.32 Å². The normalized spacial score (nSPS) is 11.6. The molecule has 0 radical (unpaired) electrons. The van der Waals surface area contributed by atoms with E-state index in [9.17, 15) is 0 Å². The van der Waals surface area contributed by atoms with E-state index in [1.807, 2.05) is 0 Å². The summed E-state index contributed by atoms with van der Waals surface area (Å²) in [4.78, 5) is 2.24. The van der Waals surface area contributed by atoms with E-state index in [0.29, 0.717) is 0 Å². The molecule has 0 saturated heterocycles. The molecule has 0 spiro atoms. The summed E-state index contributed by atoms with van der Waals surface area (Å²) in [5, 5.41) is 4.79. The van der Waals surface area contributed by atoms with Crippen LogP contribution in [0.3, 0.4) is 0 Å². The molecule has 4 heteroatoms. The second-order valence-electron chi connectivity index (χ2n) is 5.69. The number of para-hydroxylation sites is 1. The SMILES string of the molecule is COCCNCc1cn(CCCN(C)C)c2ccccc12. The van der Waals surface area contributed by atoms with E-state index in [2.05, 4.69) is 59.3 Å². The predicted octanol–water partition coefficient (Wildman–Crippen LogP) is 2.33. The number of fused-ring (bicyclic) bond motifs is 1. The zero-order valence-corrected chi connectivity index (χ0v) is 13.4. The minimum Gasteiger partial charge on any atom is -0.383 e. The molecule has 0 atom stereocenters. The summed E-state index contributed by atoms with van der Waals surface area (Å²) in [5.41, 5.74) is 2.70. The second-order valence-corrected chi connectivity index (χ2v) is 5.69. The van der Waals surface area contributed by atoms with Gasteiger partial charge in [0, 0.05) is 43.8 Å². The summed E-state index contributed by atoms with van der Waals surface area (Å²) in [7, 11) is 5.98. The van der Waals surface area contributed by atoms with Gasteiger partial charge >= 0.3 is 0 Å². The van der Waals surface area contributed by atoms with Crippen molar-refractivity contribution in [3.05, 3.63) is 36.0 Å². The molecule has 0 aliphatic heterocycles. The smallest absolute Gasteiger partial charge is 0.0587 e. The Hall–Kier alpha value is -1.36. The van der Waals surface area contributed by atoms with E-state index >= 15 is 0 Å². The second kappa shape index (κ2) is 8.17. The van der Waals surface area contributed by atoms with Crippen molar-refractivity contribution in [1.29, 1.82) is 0 Å². The van der Waals surface area contributed by atoms with Crippen LogP contribution in [-0.4, -0.2) is 50.4 Å². The molecule has 4 nitrogen and oxygen atoms in total. The van der Waals surface area contributed by atoms with E-state index < -0.39 is 0 Å². The standard InChI is InChI=1S/C17H27N3O/c1-19(2)10-6-11-20-14-15(13-18-9-12-21-3)16-7-4-5-8-17(16)20/h4-5,7-8,14,18H,6,9-13H2,1-3H3. The zero-order valence-electron chi connectivity index (χ0n) is 13.4. The Balaban J connectivity index is 2.06. The molecular formula is C17H27N3O.